The summed E-state index contributed by atoms with van der Waals surface area (Å²) in [7, 11) is -1.97. The fourth-order valence-corrected chi connectivity index (χ4v) is 3.84. The quantitative estimate of drug-likeness (QED) is 0.771. The number of benzene rings is 2. The van der Waals surface area contributed by atoms with Gasteiger partial charge in [0, 0.05) is 20.0 Å². The maximum Gasteiger partial charge on any atom is 0.242 e. The van der Waals surface area contributed by atoms with Gasteiger partial charge in [-0.05, 0) is 38.0 Å². The number of carbonyl (C=O) groups is 1. The summed E-state index contributed by atoms with van der Waals surface area (Å²) in [6.07, 6.45) is 0.750. The first-order valence-corrected chi connectivity index (χ1v) is 10.1. The number of hydrogen-bond donors (Lipinski definition) is 1. The van der Waals surface area contributed by atoms with Gasteiger partial charge < -0.3 is 5.32 Å². The molecule has 2 aromatic carbocycles. The van der Waals surface area contributed by atoms with E-state index in [1.807, 2.05) is 38.1 Å². The van der Waals surface area contributed by atoms with E-state index in [0.29, 0.717) is 13.0 Å². The van der Waals surface area contributed by atoms with E-state index in [-0.39, 0.29) is 23.3 Å². The van der Waals surface area contributed by atoms with Gasteiger partial charge in [-0.1, -0.05) is 48.0 Å². The fraction of sp³-hybridized carbons (Fsp3) is 0.350. The van der Waals surface area contributed by atoms with Gasteiger partial charge in [0.1, 0.15) is 0 Å². The zero-order chi connectivity index (χ0) is 19.2. The number of nitrogens with one attached hydrogen (secondary N) is 1. The summed E-state index contributed by atoms with van der Waals surface area (Å²) in [5.41, 5.74) is 2.22. The Labute approximate surface area is 156 Å². The van der Waals surface area contributed by atoms with E-state index in [0.717, 1.165) is 5.56 Å². The van der Waals surface area contributed by atoms with Crippen molar-refractivity contribution in [3.05, 3.63) is 65.7 Å². The molecule has 26 heavy (non-hydrogen) atoms. The van der Waals surface area contributed by atoms with Crippen molar-refractivity contribution in [2.45, 2.75) is 37.6 Å². The molecule has 6 heteroatoms. The Morgan fingerprint density at radius 2 is 1.69 bits per heavy atom. The van der Waals surface area contributed by atoms with Crippen LogP contribution in [0.1, 0.15) is 36.9 Å². The molecule has 2 rings (SSSR count). The van der Waals surface area contributed by atoms with E-state index < -0.39 is 10.0 Å². The van der Waals surface area contributed by atoms with Gasteiger partial charge in [-0.15, -0.1) is 0 Å². The van der Waals surface area contributed by atoms with E-state index in [4.69, 9.17) is 0 Å². The number of hydrogen-bond acceptors (Lipinski definition) is 3. The highest BCUT2D eigenvalue weighted by Gasteiger charge is 2.20. The van der Waals surface area contributed by atoms with Crippen LogP contribution in [0.2, 0.25) is 0 Å². The number of sulfonamides is 1. The lowest BCUT2D eigenvalue weighted by molar-refractivity contribution is -0.121. The molecule has 0 saturated carbocycles. The first kappa shape index (κ1) is 20.1. The predicted octanol–water partition coefficient (Wildman–Crippen LogP) is 3.27. The zero-order valence-electron chi connectivity index (χ0n) is 15.5. The highest BCUT2D eigenvalue weighted by molar-refractivity contribution is 7.89. The first-order chi connectivity index (χ1) is 12.3. The molecule has 0 aliphatic heterocycles. The van der Waals surface area contributed by atoms with Crippen LogP contribution in [-0.2, 0) is 14.8 Å². The molecule has 0 saturated heterocycles. The van der Waals surface area contributed by atoms with Gasteiger partial charge in [-0.2, -0.15) is 0 Å². The van der Waals surface area contributed by atoms with E-state index in [1.54, 1.807) is 30.3 Å². The van der Waals surface area contributed by atoms with Crippen LogP contribution in [0.3, 0.4) is 0 Å². The van der Waals surface area contributed by atoms with Crippen molar-refractivity contribution in [3.63, 3.8) is 0 Å². The summed E-state index contributed by atoms with van der Waals surface area (Å²) < 4.78 is 26.1. The van der Waals surface area contributed by atoms with Gasteiger partial charge >= 0.3 is 0 Å². The molecule has 1 amide bonds. The summed E-state index contributed by atoms with van der Waals surface area (Å²) in [5.74, 6) is -0.0800. The van der Waals surface area contributed by atoms with Crippen molar-refractivity contribution in [1.29, 1.82) is 0 Å². The Balaban J connectivity index is 1.81. The maximum atomic E-state index is 12.4. The molecule has 0 fully saturated rings. The van der Waals surface area contributed by atoms with Crippen molar-refractivity contribution in [2.24, 2.45) is 0 Å². The average Bonchev–Trinajstić information content (AvgIpc) is 2.62. The lowest BCUT2D eigenvalue weighted by atomic mass is 10.1. The normalized spacial score (nSPS) is 12.8. The molecule has 2 aromatic rings. The number of nitrogens with zero attached hydrogens (tertiary/aromatic N) is 1. The van der Waals surface area contributed by atoms with Gasteiger partial charge in [0.25, 0.3) is 0 Å². The van der Waals surface area contributed by atoms with Gasteiger partial charge in [-0.25, -0.2) is 12.7 Å². The van der Waals surface area contributed by atoms with Crippen molar-refractivity contribution >= 4 is 15.9 Å². The van der Waals surface area contributed by atoms with Crippen molar-refractivity contribution in [1.82, 2.24) is 9.62 Å². The van der Waals surface area contributed by atoms with Gasteiger partial charge in [0.15, 0.2) is 0 Å². The van der Waals surface area contributed by atoms with Crippen LogP contribution in [0.15, 0.2) is 59.5 Å². The van der Waals surface area contributed by atoms with Crippen LogP contribution in [0.4, 0.5) is 0 Å². The Morgan fingerprint density at radius 3 is 2.31 bits per heavy atom. The molecule has 0 aromatic heterocycles. The molecule has 1 N–H and O–H groups in total. The molecule has 0 spiro atoms. The molecule has 0 aliphatic rings. The second-order valence-corrected chi connectivity index (χ2v) is 8.49. The second kappa shape index (κ2) is 8.96. The smallest absolute Gasteiger partial charge is 0.242 e. The first-order valence-electron chi connectivity index (χ1n) is 8.68. The molecule has 0 unspecified atom stereocenters. The van der Waals surface area contributed by atoms with Gasteiger partial charge in [0.05, 0.1) is 10.9 Å². The number of carbonyl (C=O) groups excluding carboxylic acids is 1. The Kier molecular flexibility index (Phi) is 6.94. The third kappa shape index (κ3) is 5.41. The average molecular weight is 375 g/mol. The molecule has 1 atom stereocenters. The van der Waals surface area contributed by atoms with Crippen LogP contribution < -0.4 is 5.32 Å². The van der Waals surface area contributed by atoms with E-state index in [2.05, 4.69) is 5.32 Å². The van der Waals surface area contributed by atoms with Crippen LogP contribution in [0, 0.1) is 6.92 Å². The molecule has 5 nitrogen and oxygen atoms in total. The van der Waals surface area contributed by atoms with Gasteiger partial charge in [0.2, 0.25) is 15.9 Å². The van der Waals surface area contributed by atoms with Crippen LogP contribution in [0.25, 0.3) is 0 Å². The lowest BCUT2D eigenvalue weighted by Crippen LogP contribution is -2.30. The minimum absolute atomic E-state index is 0.0751. The number of rotatable bonds is 8. The van der Waals surface area contributed by atoms with Crippen molar-refractivity contribution in [2.75, 3.05) is 13.6 Å². The third-order valence-electron chi connectivity index (χ3n) is 4.28. The van der Waals surface area contributed by atoms with Crippen molar-refractivity contribution < 1.29 is 13.2 Å². The van der Waals surface area contributed by atoms with Crippen LogP contribution in [0.5, 0.6) is 0 Å². The second-order valence-electron chi connectivity index (χ2n) is 6.44. The molecular formula is C20H26N2O3S. The lowest BCUT2D eigenvalue weighted by Gasteiger charge is -2.18. The highest BCUT2D eigenvalue weighted by atomic mass is 32.2. The predicted molar refractivity (Wildman–Crippen MR) is 103 cm³/mol. The maximum absolute atomic E-state index is 12.4. The van der Waals surface area contributed by atoms with Gasteiger partial charge in [-0.3, -0.25) is 4.79 Å². The summed E-state index contributed by atoms with van der Waals surface area (Å²) >= 11 is 0. The summed E-state index contributed by atoms with van der Waals surface area (Å²) in [5, 5.41) is 2.95. The minimum Gasteiger partial charge on any atom is -0.350 e. The fourth-order valence-electron chi connectivity index (χ4n) is 2.61. The third-order valence-corrected chi connectivity index (χ3v) is 6.15. The van der Waals surface area contributed by atoms with Crippen molar-refractivity contribution in [3.8, 4) is 0 Å². The largest absolute Gasteiger partial charge is 0.350 e. The van der Waals surface area contributed by atoms with Crippen LogP contribution >= 0.6 is 0 Å². The Morgan fingerprint density at radius 1 is 1.08 bits per heavy atom. The topological polar surface area (TPSA) is 66.5 Å². The standard InChI is InChI=1S/C20H26N2O3S/c1-16-11-13-18(14-12-16)17(2)21-20(23)10-7-15-22(3)26(24,25)19-8-5-4-6-9-19/h4-6,8-9,11-14,17H,7,10,15H2,1-3H3,(H,21,23)/t17-/m0/s1. The van der Waals surface area contributed by atoms with E-state index >= 15 is 0 Å². The highest BCUT2D eigenvalue weighted by Crippen LogP contribution is 2.15. The Bertz CT molecular complexity index is 818. The number of aryl methyl sites for hydroxylation is 1. The summed E-state index contributed by atoms with van der Waals surface area (Å²) in [6.45, 7) is 4.26. The SMILES string of the molecule is Cc1ccc([C@H](C)NC(=O)CCCN(C)S(=O)(=O)c2ccccc2)cc1. The molecule has 140 valence electrons. The number of amides is 1. The molecule has 0 heterocycles. The zero-order valence-corrected chi connectivity index (χ0v) is 16.3. The molecular weight excluding hydrogens is 348 g/mol. The minimum atomic E-state index is -3.51. The monoisotopic (exact) mass is 374 g/mol. The molecule has 0 radical (unpaired) electrons. The summed E-state index contributed by atoms with van der Waals surface area (Å²) in [4.78, 5) is 12.4. The van der Waals surface area contributed by atoms with E-state index in [9.17, 15) is 13.2 Å². The van der Waals surface area contributed by atoms with Crippen LogP contribution in [-0.4, -0.2) is 32.2 Å². The van der Waals surface area contributed by atoms with E-state index in [1.165, 1.54) is 16.9 Å². The molecule has 0 aliphatic carbocycles. The molecule has 0 bridgehead atoms. The summed E-state index contributed by atoms with van der Waals surface area (Å²) in [6, 6.07) is 16.3. The Hall–Kier alpha value is -2.18.